The molecule has 14 heavy (non-hydrogen) atoms. The molecule has 1 saturated heterocycles. The first-order valence-electron chi connectivity index (χ1n) is 4.16. The third kappa shape index (κ3) is 1.89. The molecule has 5 nitrogen and oxygen atoms in total. The molecule has 76 valence electrons. The van der Waals surface area contributed by atoms with Gasteiger partial charge in [-0.1, -0.05) is 23.2 Å². The molecule has 0 N–H and O–H groups in total. The average molecular weight is 235 g/mol. The second kappa shape index (κ2) is 4.25. The predicted molar refractivity (Wildman–Crippen MR) is 52.9 cm³/mol. The zero-order valence-corrected chi connectivity index (χ0v) is 8.79. The van der Waals surface area contributed by atoms with Crippen LogP contribution in [0, 0.1) is 0 Å². The minimum Gasteiger partial charge on any atom is -0.378 e. The molecule has 0 aliphatic carbocycles. The molecule has 0 aromatic carbocycles. The van der Waals surface area contributed by atoms with Crippen LogP contribution in [0.15, 0.2) is 0 Å². The quantitative estimate of drug-likeness (QED) is 0.727. The Morgan fingerprint density at radius 3 is 2.57 bits per heavy atom. The van der Waals surface area contributed by atoms with E-state index >= 15 is 0 Å². The maximum Gasteiger partial charge on any atom is 0.175 e. The zero-order valence-electron chi connectivity index (χ0n) is 7.28. The lowest BCUT2D eigenvalue weighted by molar-refractivity contribution is 0.122. The number of ether oxygens (including phenoxy) is 1. The van der Waals surface area contributed by atoms with Crippen molar-refractivity contribution in [2.45, 2.75) is 0 Å². The van der Waals surface area contributed by atoms with E-state index in [-0.39, 0.29) is 5.15 Å². The van der Waals surface area contributed by atoms with E-state index in [2.05, 4.69) is 15.4 Å². The number of rotatable bonds is 1. The number of aromatic nitrogens is 3. The van der Waals surface area contributed by atoms with Crippen LogP contribution in [0.1, 0.15) is 0 Å². The molecule has 0 saturated carbocycles. The maximum atomic E-state index is 5.95. The van der Waals surface area contributed by atoms with Crippen molar-refractivity contribution >= 4 is 29.0 Å². The molecule has 7 heteroatoms. The normalized spacial score (nSPS) is 17.1. The van der Waals surface area contributed by atoms with Gasteiger partial charge in [0.1, 0.15) is 5.02 Å². The van der Waals surface area contributed by atoms with Crippen molar-refractivity contribution in [3.05, 3.63) is 10.2 Å². The van der Waals surface area contributed by atoms with Gasteiger partial charge in [-0.3, -0.25) is 0 Å². The van der Waals surface area contributed by atoms with Gasteiger partial charge >= 0.3 is 0 Å². The zero-order chi connectivity index (χ0) is 9.97. The highest BCUT2D eigenvalue weighted by molar-refractivity contribution is 6.42. The number of hydrogen-bond donors (Lipinski definition) is 0. The van der Waals surface area contributed by atoms with Crippen molar-refractivity contribution in [2.24, 2.45) is 0 Å². The molecular formula is C7H8Cl2N4O. The van der Waals surface area contributed by atoms with Gasteiger partial charge in [0.05, 0.1) is 13.2 Å². The van der Waals surface area contributed by atoms with Crippen molar-refractivity contribution < 1.29 is 4.74 Å². The number of anilines is 1. The first-order valence-corrected chi connectivity index (χ1v) is 4.91. The van der Waals surface area contributed by atoms with Gasteiger partial charge in [-0.25, -0.2) is 0 Å². The molecule has 1 aromatic rings. The van der Waals surface area contributed by atoms with Crippen LogP contribution >= 0.6 is 23.2 Å². The fourth-order valence-corrected chi connectivity index (χ4v) is 1.57. The SMILES string of the molecule is Clc1nnnc(N2CCOCC2)c1Cl. The molecule has 0 bridgehead atoms. The first-order chi connectivity index (χ1) is 6.79. The van der Waals surface area contributed by atoms with Crippen LogP contribution in [-0.4, -0.2) is 41.7 Å². The Labute approximate surface area is 91.0 Å². The van der Waals surface area contributed by atoms with Gasteiger partial charge in [-0.2, -0.15) is 0 Å². The highest BCUT2D eigenvalue weighted by atomic mass is 35.5. The van der Waals surface area contributed by atoms with Crippen molar-refractivity contribution in [2.75, 3.05) is 31.2 Å². The monoisotopic (exact) mass is 234 g/mol. The largest absolute Gasteiger partial charge is 0.378 e. The van der Waals surface area contributed by atoms with Crippen molar-refractivity contribution in [3.8, 4) is 0 Å². The highest BCUT2D eigenvalue weighted by Gasteiger charge is 2.18. The van der Waals surface area contributed by atoms with Crippen LogP contribution in [0.25, 0.3) is 0 Å². The van der Waals surface area contributed by atoms with Gasteiger partial charge < -0.3 is 9.64 Å². The van der Waals surface area contributed by atoms with Gasteiger partial charge in [-0.05, 0) is 5.21 Å². The first kappa shape index (κ1) is 9.89. The van der Waals surface area contributed by atoms with E-state index < -0.39 is 0 Å². The van der Waals surface area contributed by atoms with Gasteiger partial charge in [0.2, 0.25) is 0 Å². The minimum absolute atomic E-state index is 0.183. The summed E-state index contributed by atoms with van der Waals surface area (Å²) in [5, 5.41) is 11.5. The standard InChI is InChI=1S/C7H8Cl2N4O/c8-5-6(9)10-12-11-7(5)13-1-3-14-4-2-13/h1-4H2. The number of morpholine rings is 1. The minimum atomic E-state index is 0.183. The van der Waals surface area contributed by atoms with Crippen LogP contribution in [-0.2, 0) is 4.74 Å². The summed E-state index contributed by atoms with van der Waals surface area (Å²) in [6.07, 6.45) is 0. The summed E-state index contributed by atoms with van der Waals surface area (Å²) in [4.78, 5) is 1.98. The lowest BCUT2D eigenvalue weighted by Gasteiger charge is -2.27. The van der Waals surface area contributed by atoms with E-state index in [0.717, 1.165) is 13.1 Å². The summed E-state index contributed by atoms with van der Waals surface area (Å²) >= 11 is 11.7. The third-order valence-corrected chi connectivity index (χ3v) is 2.67. The Morgan fingerprint density at radius 1 is 1.14 bits per heavy atom. The van der Waals surface area contributed by atoms with Crippen LogP contribution in [0.2, 0.25) is 10.2 Å². The van der Waals surface area contributed by atoms with Crippen molar-refractivity contribution in [1.82, 2.24) is 15.4 Å². The average Bonchev–Trinajstić information content (AvgIpc) is 2.23. The summed E-state index contributed by atoms with van der Waals surface area (Å²) in [5.74, 6) is 0.579. The lowest BCUT2D eigenvalue weighted by Crippen LogP contribution is -2.37. The number of halogens is 2. The van der Waals surface area contributed by atoms with Gasteiger partial charge in [0, 0.05) is 13.1 Å². The summed E-state index contributed by atoms with van der Waals surface area (Å²) in [6.45, 7) is 2.82. The number of hydrogen-bond acceptors (Lipinski definition) is 5. The van der Waals surface area contributed by atoms with E-state index in [1.54, 1.807) is 0 Å². The Bertz CT molecular complexity index is 329. The lowest BCUT2D eigenvalue weighted by atomic mass is 10.4. The second-order valence-corrected chi connectivity index (χ2v) is 3.55. The van der Waals surface area contributed by atoms with Crippen LogP contribution < -0.4 is 4.90 Å². The second-order valence-electron chi connectivity index (χ2n) is 2.82. The van der Waals surface area contributed by atoms with E-state index in [4.69, 9.17) is 27.9 Å². The Kier molecular flexibility index (Phi) is 3.00. The van der Waals surface area contributed by atoms with Gasteiger partial charge in [0.15, 0.2) is 11.0 Å². The van der Waals surface area contributed by atoms with Crippen molar-refractivity contribution in [1.29, 1.82) is 0 Å². The van der Waals surface area contributed by atoms with Crippen molar-refractivity contribution in [3.63, 3.8) is 0 Å². The number of nitrogens with zero attached hydrogens (tertiary/aromatic N) is 4. The molecular weight excluding hydrogens is 227 g/mol. The molecule has 0 spiro atoms. The summed E-state index contributed by atoms with van der Waals surface area (Å²) in [7, 11) is 0. The topological polar surface area (TPSA) is 51.1 Å². The van der Waals surface area contributed by atoms with Gasteiger partial charge in [0.25, 0.3) is 0 Å². The molecule has 1 aliphatic heterocycles. The molecule has 1 fully saturated rings. The Morgan fingerprint density at radius 2 is 1.86 bits per heavy atom. The van der Waals surface area contributed by atoms with Crippen LogP contribution in [0.4, 0.5) is 5.82 Å². The van der Waals surface area contributed by atoms with E-state index in [1.165, 1.54) is 0 Å². The molecule has 0 radical (unpaired) electrons. The third-order valence-electron chi connectivity index (χ3n) is 1.96. The summed E-state index contributed by atoms with van der Waals surface area (Å²) in [6, 6.07) is 0. The van der Waals surface area contributed by atoms with E-state index in [9.17, 15) is 0 Å². The molecule has 1 aromatic heterocycles. The highest BCUT2D eigenvalue weighted by Crippen LogP contribution is 2.27. The molecule has 0 unspecified atom stereocenters. The van der Waals surface area contributed by atoms with Gasteiger partial charge in [-0.15, -0.1) is 10.2 Å². The van der Waals surface area contributed by atoms with E-state index in [0.29, 0.717) is 24.1 Å². The molecule has 2 heterocycles. The fourth-order valence-electron chi connectivity index (χ4n) is 1.26. The van der Waals surface area contributed by atoms with Crippen LogP contribution in [0.5, 0.6) is 0 Å². The van der Waals surface area contributed by atoms with Crippen LogP contribution in [0.3, 0.4) is 0 Å². The molecule has 2 rings (SSSR count). The summed E-state index contributed by atoms with van der Waals surface area (Å²) < 4.78 is 5.21. The van der Waals surface area contributed by atoms with E-state index in [1.807, 2.05) is 4.90 Å². The Hall–Kier alpha value is -0.650. The predicted octanol–water partition coefficient (Wildman–Crippen LogP) is 1.02. The fraction of sp³-hybridized carbons (Fsp3) is 0.571. The smallest absolute Gasteiger partial charge is 0.175 e. The Balaban J connectivity index is 2.26. The maximum absolute atomic E-state index is 5.95. The summed E-state index contributed by atoms with van der Waals surface area (Å²) in [5.41, 5.74) is 0. The molecule has 0 atom stereocenters. The molecule has 1 aliphatic rings. The molecule has 0 amide bonds.